The van der Waals surface area contributed by atoms with E-state index in [2.05, 4.69) is 11.8 Å². The van der Waals surface area contributed by atoms with Crippen molar-refractivity contribution in [1.82, 2.24) is 4.90 Å². The van der Waals surface area contributed by atoms with Crippen molar-refractivity contribution in [1.29, 1.82) is 0 Å². The SMILES string of the molecule is CC1(C(=O)N2CCCC2CN)CCCCC1. The molecular weight excluding hydrogens is 200 g/mol. The average molecular weight is 224 g/mol. The van der Waals surface area contributed by atoms with Gasteiger partial charge in [-0.2, -0.15) is 0 Å². The first kappa shape index (κ1) is 11.9. The Morgan fingerprint density at radius 2 is 2.00 bits per heavy atom. The van der Waals surface area contributed by atoms with Crippen LogP contribution in [0.15, 0.2) is 0 Å². The third-order valence-corrected chi connectivity index (χ3v) is 4.38. The molecule has 2 rings (SSSR count). The summed E-state index contributed by atoms with van der Waals surface area (Å²) < 4.78 is 0. The largest absolute Gasteiger partial charge is 0.338 e. The van der Waals surface area contributed by atoms with Gasteiger partial charge in [-0.15, -0.1) is 0 Å². The number of amides is 1. The van der Waals surface area contributed by atoms with E-state index in [1.807, 2.05) is 0 Å². The van der Waals surface area contributed by atoms with Crippen molar-refractivity contribution in [3.63, 3.8) is 0 Å². The number of carbonyl (C=O) groups is 1. The molecular formula is C13H24N2O. The maximum atomic E-state index is 12.6. The highest BCUT2D eigenvalue weighted by Gasteiger charge is 2.40. The summed E-state index contributed by atoms with van der Waals surface area (Å²) >= 11 is 0. The second kappa shape index (κ2) is 4.74. The molecule has 0 spiro atoms. The second-order valence-corrected chi connectivity index (χ2v) is 5.65. The van der Waals surface area contributed by atoms with Crippen molar-refractivity contribution >= 4 is 5.91 Å². The normalized spacial score (nSPS) is 29.4. The van der Waals surface area contributed by atoms with E-state index >= 15 is 0 Å². The Balaban J connectivity index is 2.05. The molecule has 0 aromatic rings. The van der Waals surface area contributed by atoms with Gasteiger partial charge < -0.3 is 10.6 Å². The maximum Gasteiger partial charge on any atom is 0.228 e. The number of nitrogens with zero attached hydrogens (tertiary/aromatic N) is 1. The van der Waals surface area contributed by atoms with Crippen LogP contribution in [0, 0.1) is 5.41 Å². The van der Waals surface area contributed by atoms with Crippen LogP contribution in [0.2, 0.25) is 0 Å². The van der Waals surface area contributed by atoms with Crippen LogP contribution in [0.4, 0.5) is 0 Å². The minimum absolute atomic E-state index is 0.0873. The van der Waals surface area contributed by atoms with E-state index in [9.17, 15) is 4.79 Å². The Hall–Kier alpha value is -0.570. The summed E-state index contributed by atoms with van der Waals surface area (Å²) in [6, 6.07) is 0.311. The molecule has 2 aliphatic rings. The highest BCUT2D eigenvalue weighted by molar-refractivity contribution is 5.83. The molecule has 2 fully saturated rings. The summed E-state index contributed by atoms with van der Waals surface area (Å²) in [6.07, 6.45) is 8.08. The molecule has 0 aromatic carbocycles. The predicted molar refractivity (Wildman–Crippen MR) is 65.0 cm³/mol. The maximum absolute atomic E-state index is 12.6. The molecule has 3 nitrogen and oxygen atoms in total. The summed E-state index contributed by atoms with van der Waals surface area (Å²) in [5.74, 6) is 0.375. The second-order valence-electron chi connectivity index (χ2n) is 5.65. The smallest absolute Gasteiger partial charge is 0.228 e. The van der Waals surface area contributed by atoms with Crippen LogP contribution < -0.4 is 5.73 Å². The zero-order valence-electron chi connectivity index (χ0n) is 10.4. The molecule has 1 saturated carbocycles. The van der Waals surface area contributed by atoms with Crippen molar-refractivity contribution in [2.75, 3.05) is 13.1 Å². The standard InChI is InChI=1S/C13H24N2O/c1-13(7-3-2-4-8-13)12(16)15-9-5-6-11(15)10-14/h11H,2-10,14H2,1H3. The van der Waals surface area contributed by atoms with Gasteiger partial charge in [0, 0.05) is 24.5 Å². The van der Waals surface area contributed by atoms with Gasteiger partial charge in [-0.05, 0) is 25.7 Å². The number of hydrogen-bond acceptors (Lipinski definition) is 2. The van der Waals surface area contributed by atoms with E-state index in [-0.39, 0.29) is 5.41 Å². The first-order valence-corrected chi connectivity index (χ1v) is 6.68. The molecule has 2 N–H and O–H groups in total. The van der Waals surface area contributed by atoms with E-state index in [1.54, 1.807) is 0 Å². The van der Waals surface area contributed by atoms with Crippen LogP contribution in [0.3, 0.4) is 0 Å². The van der Waals surface area contributed by atoms with Gasteiger partial charge >= 0.3 is 0 Å². The molecule has 1 unspecified atom stereocenters. The number of nitrogens with two attached hydrogens (primary N) is 1. The van der Waals surface area contributed by atoms with Crippen LogP contribution in [0.25, 0.3) is 0 Å². The molecule has 92 valence electrons. The lowest BCUT2D eigenvalue weighted by atomic mass is 9.74. The quantitative estimate of drug-likeness (QED) is 0.778. The van der Waals surface area contributed by atoms with Crippen molar-refractivity contribution in [3.8, 4) is 0 Å². The lowest BCUT2D eigenvalue weighted by Crippen LogP contribution is -2.47. The van der Waals surface area contributed by atoms with Gasteiger partial charge in [-0.25, -0.2) is 0 Å². The molecule has 1 atom stereocenters. The van der Waals surface area contributed by atoms with Crippen LogP contribution in [0.5, 0.6) is 0 Å². The fraction of sp³-hybridized carbons (Fsp3) is 0.923. The fourth-order valence-corrected chi connectivity index (χ4v) is 3.24. The molecule has 1 aliphatic carbocycles. The minimum Gasteiger partial charge on any atom is -0.338 e. The van der Waals surface area contributed by atoms with E-state index < -0.39 is 0 Å². The summed E-state index contributed by atoms with van der Waals surface area (Å²) in [7, 11) is 0. The van der Waals surface area contributed by atoms with Gasteiger partial charge in [0.2, 0.25) is 5.91 Å². The molecule has 1 heterocycles. The zero-order chi connectivity index (χ0) is 11.6. The van der Waals surface area contributed by atoms with Crippen LogP contribution in [-0.4, -0.2) is 29.9 Å². The van der Waals surface area contributed by atoms with Gasteiger partial charge in [-0.3, -0.25) is 4.79 Å². The third kappa shape index (κ3) is 2.10. The monoisotopic (exact) mass is 224 g/mol. The highest BCUT2D eigenvalue weighted by Crippen LogP contribution is 2.38. The Morgan fingerprint density at radius 1 is 1.31 bits per heavy atom. The summed E-state index contributed by atoms with van der Waals surface area (Å²) in [4.78, 5) is 14.6. The molecule has 1 aliphatic heterocycles. The third-order valence-electron chi connectivity index (χ3n) is 4.38. The van der Waals surface area contributed by atoms with E-state index in [4.69, 9.17) is 5.73 Å². The van der Waals surface area contributed by atoms with Gasteiger partial charge in [-0.1, -0.05) is 26.2 Å². The van der Waals surface area contributed by atoms with E-state index in [1.165, 1.54) is 19.3 Å². The Bertz CT molecular complexity index is 259. The van der Waals surface area contributed by atoms with Crippen molar-refractivity contribution in [2.45, 2.75) is 57.9 Å². The molecule has 3 heteroatoms. The summed E-state index contributed by atoms with van der Waals surface area (Å²) in [5, 5.41) is 0. The first-order chi connectivity index (χ1) is 7.67. The number of likely N-dealkylation sites (tertiary alicyclic amines) is 1. The van der Waals surface area contributed by atoms with Gasteiger partial charge in [0.05, 0.1) is 0 Å². The van der Waals surface area contributed by atoms with E-state index in [0.717, 1.165) is 32.2 Å². The zero-order valence-corrected chi connectivity index (χ0v) is 10.4. The van der Waals surface area contributed by atoms with E-state index in [0.29, 0.717) is 18.5 Å². The Morgan fingerprint density at radius 3 is 2.62 bits per heavy atom. The molecule has 16 heavy (non-hydrogen) atoms. The van der Waals surface area contributed by atoms with Gasteiger partial charge in [0.15, 0.2) is 0 Å². The predicted octanol–water partition coefficient (Wildman–Crippen LogP) is 1.91. The summed E-state index contributed by atoms with van der Waals surface area (Å²) in [5.41, 5.74) is 5.65. The van der Waals surface area contributed by atoms with Crippen LogP contribution >= 0.6 is 0 Å². The van der Waals surface area contributed by atoms with Gasteiger partial charge in [0.25, 0.3) is 0 Å². The topological polar surface area (TPSA) is 46.3 Å². The molecule has 0 radical (unpaired) electrons. The average Bonchev–Trinajstić information content (AvgIpc) is 2.77. The molecule has 0 bridgehead atoms. The lowest BCUT2D eigenvalue weighted by Gasteiger charge is -2.37. The lowest BCUT2D eigenvalue weighted by molar-refractivity contribution is -0.143. The van der Waals surface area contributed by atoms with Crippen molar-refractivity contribution < 1.29 is 4.79 Å². The fourth-order valence-electron chi connectivity index (χ4n) is 3.24. The number of hydrogen-bond donors (Lipinski definition) is 1. The van der Waals surface area contributed by atoms with Crippen molar-refractivity contribution in [3.05, 3.63) is 0 Å². The molecule has 1 amide bonds. The highest BCUT2D eigenvalue weighted by atomic mass is 16.2. The summed E-state index contributed by atoms with van der Waals surface area (Å²) in [6.45, 7) is 3.71. The van der Waals surface area contributed by atoms with Crippen LogP contribution in [-0.2, 0) is 4.79 Å². The van der Waals surface area contributed by atoms with Crippen LogP contribution in [0.1, 0.15) is 51.9 Å². The first-order valence-electron chi connectivity index (χ1n) is 6.68. The molecule has 0 aromatic heterocycles. The van der Waals surface area contributed by atoms with Gasteiger partial charge in [0.1, 0.15) is 0 Å². The Labute approximate surface area is 98.4 Å². The van der Waals surface area contributed by atoms with Crippen molar-refractivity contribution in [2.24, 2.45) is 11.1 Å². The number of carbonyl (C=O) groups excluding carboxylic acids is 1. The number of rotatable bonds is 2. The Kier molecular flexibility index (Phi) is 3.53. The minimum atomic E-state index is -0.0873. The molecule has 1 saturated heterocycles.